The van der Waals surface area contributed by atoms with Gasteiger partial charge in [-0.15, -0.1) is 11.3 Å². The van der Waals surface area contributed by atoms with Crippen molar-refractivity contribution in [3.63, 3.8) is 0 Å². The fourth-order valence-electron chi connectivity index (χ4n) is 2.49. The van der Waals surface area contributed by atoms with Crippen LogP contribution in [-0.2, 0) is 4.79 Å². The van der Waals surface area contributed by atoms with Crippen LogP contribution in [0.2, 0.25) is 0 Å². The number of carbonyl (C=O) groups is 2. The summed E-state index contributed by atoms with van der Waals surface area (Å²) < 4.78 is 27.3. The lowest BCUT2D eigenvalue weighted by molar-refractivity contribution is -0.122. The van der Waals surface area contributed by atoms with Crippen LogP contribution in [-0.4, -0.2) is 18.2 Å². The van der Waals surface area contributed by atoms with Crippen LogP contribution in [0.4, 0.5) is 8.78 Å². The summed E-state index contributed by atoms with van der Waals surface area (Å²) in [6.45, 7) is -0.0949. The summed E-state index contributed by atoms with van der Waals surface area (Å²) in [6, 6.07) is 7.12. The van der Waals surface area contributed by atoms with E-state index in [0.717, 1.165) is 0 Å². The lowest BCUT2D eigenvalue weighted by Crippen LogP contribution is -2.30. The van der Waals surface area contributed by atoms with Crippen LogP contribution in [0.5, 0.6) is 0 Å². The molecule has 1 N–H and O–H groups in total. The van der Waals surface area contributed by atoms with E-state index < -0.39 is 23.5 Å². The Morgan fingerprint density at radius 2 is 1.91 bits per heavy atom. The zero-order valence-corrected chi connectivity index (χ0v) is 12.3. The molecule has 3 nitrogen and oxygen atoms in total. The van der Waals surface area contributed by atoms with Crippen molar-refractivity contribution in [3.8, 4) is 0 Å². The van der Waals surface area contributed by atoms with E-state index in [4.69, 9.17) is 0 Å². The number of Topliss-reactive ketones (excluding diaryl/α,β-unsaturated/α-hetero) is 1. The lowest BCUT2D eigenvalue weighted by Gasteiger charge is -2.05. The molecule has 114 valence electrons. The molecule has 1 amide bonds. The third-order valence-electron chi connectivity index (χ3n) is 3.72. The maximum atomic E-state index is 13.7. The topological polar surface area (TPSA) is 46.2 Å². The van der Waals surface area contributed by atoms with E-state index in [1.807, 2.05) is 0 Å². The Labute approximate surface area is 130 Å². The SMILES string of the molecule is O=C(CNC(=O)C1CC1c1c(F)cccc1F)c1cccs1. The van der Waals surface area contributed by atoms with E-state index >= 15 is 0 Å². The van der Waals surface area contributed by atoms with Crippen molar-refractivity contribution in [1.82, 2.24) is 5.32 Å². The highest BCUT2D eigenvalue weighted by molar-refractivity contribution is 7.12. The number of thiophene rings is 1. The fraction of sp³-hybridized carbons (Fsp3) is 0.250. The molecule has 1 heterocycles. The van der Waals surface area contributed by atoms with Crippen LogP contribution in [0.15, 0.2) is 35.7 Å². The van der Waals surface area contributed by atoms with Gasteiger partial charge in [0.15, 0.2) is 5.78 Å². The van der Waals surface area contributed by atoms with Crippen LogP contribution < -0.4 is 5.32 Å². The molecule has 0 saturated heterocycles. The Morgan fingerprint density at radius 1 is 1.18 bits per heavy atom. The zero-order valence-electron chi connectivity index (χ0n) is 11.5. The third-order valence-corrected chi connectivity index (χ3v) is 4.63. The van der Waals surface area contributed by atoms with Gasteiger partial charge in [0.05, 0.1) is 11.4 Å². The van der Waals surface area contributed by atoms with Crippen molar-refractivity contribution < 1.29 is 18.4 Å². The molecule has 0 aliphatic heterocycles. The monoisotopic (exact) mass is 321 g/mol. The summed E-state index contributed by atoms with van der Waals surface area (Å²) in [5.74, 6) is -2.68. The average Bonchev–Trinajstić information content (AvgIpc) is 3.07. The second-order valence-corrected chi connectivity index (χ2v) is 6.15. The van der Waals surface area contributed by atoms with Gasteiger partial charge >= 0.3 is 0 Å². The molecule has 1 aromatic carbocycles. The van der Waals surface area contributed by atoms with Crippen molar-refractivity contribution in [3.05, 3.63) is 57.8 Å². The first-order chi connectivity index (χ1) is 10.6. The van der Waals surface area contributed by atoms with Gasteiger partial charge in [-0.05, 0) is 30.0 Å². The zero-order chi connectivity index (χ0) is 15.7. The van der Waals surface area contributed by atoms with Gasteiger partial charge in [0.25, 0.3) is 0 Å². The molecular formula is C16H13F2NO2S. The minimum absolute atomic E-state index is 0.0350. The third kappa shape index (κ3) is 2.92. The highest BCUT2D eigenvalue weighted by Gasteiger charge is 2.46. The first-order valence-electron chi connectivity index (χ1n) is 6.86. The van der Waals surface area contributed by atoms with E-state index in [-0.39, 0.29) is 23.8 Å². The van der Waals surface area contributed by atoms with E-state index in [1.165, 1.54) is 29.5 Å². The molecule has 1 saturated carbocycles. The van der Waals surface area contributed by atoms with Gasteiger partial charge in [-0.3, -0.25) is 9.59 Å². The predicted molar refractivity (Wildman–Crippen MR) is 78.9 cm³/mol. The molecule has 0 spiro atoms. The van der Waals surface area contributed by atoms with Crippen LogP contribution in [0.25, 0.3) is 0 Å². The quantitative estimate of drug-likeness (QED) is 0.860. The number of ketones is 1. The molecule has 6 heteroatoms. The van der Waals surface area contributed by atoms with Crippen molar-refractivity contribution in [2.75, 3.05) is 6.54 Å². The number of halogens is 2. The number of nitrogens with one attached hydrogen (secondary N) is 1. The largest absolute Gasteiger partial charge is 0.348 e. The number of rotatable bonds is 5. The molecule has 1 aliphatic rings. The van der Waals surface area contributed by atoms with Gasteiger partial charge in [-0.1, -0.05) is 12.1 Å². The van der Waals surface area contributed by atoms with E-state index in [2.05, 4.69) is 5.32 Å². The van der Waals surface area contributed by atoms with Gasteiger partial charge in [-0.2, -0.15) is 0 Å². The van der Waals surface area contributed by atoms with Gasteiger partial charge in [0, 0.05) is 17.4 Å². The van der Waals surface area contributed by atoms with Crippen molar-refractivity contribution in [2.45, 2.75) is 12.3 Å². The number of benzene rings is 1. The number of hydrogen-bond donors (Lipinski definition) is 1. The number of carbonyl (C=O) groups excluding carboxylic acids is 2. The molecule has 1 aromatic heterocycles. The van der Waals surface area contributed by atoms with Gasteiger partial charge in [0.1, 0.15) is 11.6 Å². The van der Waals surface area contributed by atoms with Crippen LogP contribution in [0.3, 0.4) is 0 Å². The van der Waals surface area contributed by atoms with Crippen molar-refractivity contribution >= 4 is 23.0 Å². The summed E-state index contributed by atoms with van der Waals surface area (Å²) in [5, 5.41) is 4.33. The first-order valence-corrected chi connectivity index (χ1v) is 7.74. The van der Waals surface area contributed by atoms with E-state index in [0.29, 0.717) is 11.3 Å². The highest BCUT2D eigenvalue weighted by atomic mass is 32.1. The molecule has 22 heavy (non-hydrogen) atoms. The van der Waals surface area contributed by atoms with E-state index in [9.17, 15) is 18.4 Å². The van der Waals surface area contributed by atoms with Crippen LogP contribution >= 0.6 is 11.3 Å². The molecule has 2 aromatic rings. The maximum absolute atomic E-state index is 13.7. The average molecular weight is 321 g/mol. The summed E-state index contributed by atoms with van der Waals surface area (Å²) in [4.78, 5) is 24.3. The number of hydrogen-bond acceptors (Lipinski definition) is 3. The molecule has 0 radical (unpaired) electrons. The summed E-state index contributed by atoms with van der Waals surface area (Å²) in [5.41, 5.74) is -0.0350. The van der Waals surface area contributed by atoms with Crippen LogP contribution in [0.1, 0.15) is 27.6 Å². The molecular weight excluding hydrogens is 308 g/mol. The highest BCUT2D eigenvalue weighted by Crippen LogP contribution is 2.49. The molecule has 0 bridgehead atoms. The maximum Gasteiger partial charge on any atom is 0.224 e. The Bertz CT molecular complexity index is 695. The fourth-order valence-corrected chi connectivity index (χ4v) is 3.16. The van der Waals surface area contributed by atoms with Crippen molar-refractivity contribution in [2.24, 2.45) is 5.92 Å². The minimum atomic E-state index is -0.630. The Kier molecular flexibility index (Phi) is 4.02. The Morgan fingerprint density at radius 3 is 2.55 bits per heavy atom. The Balaban J connectivity index is 1.58. The summed E-state index contributed by atoms with van der Waals surface area (Å²) in [7, 11) is 0. The smallest absolute Gasteiger partial charge is 0.224 e. The van der Waals surface area contributed by atoms with Gasteiger partial charge in [-0.25, -0.2) is 8.78 Å². The van der Waals surface area contributed by atoms with Crippen LogP contribution in [0, 0.1) is 17.6 Å². The predicted octanol–water partition coefficient (Wildman–Crippen LogP) is 3.13. The second-order valence-electron chi connectivity index (χ2n) is 5.20. The molecule has 2 unspecified atom stereocenters. The molecule has 2 atom stereocenters. The number of amides is 1. The standard InChI is InChI=1S/C16H13F2NO2S/c17-11-3-1-4-12(18)15(11)9-7-10(9)16(21)19-8-13(20)14-5-2-6-22-14/h1-6,9-10H,7-8H2,(H,19,21). The molecule has 1 fully saturated rings. The second kappa shape index (κ2) is 5.96. The Hall–Kier alpha value is -2.08. The first kappa shape index (κ1) is 14.8. The van der Waals surface area contributed by atoms with Gasteiger partial charge in [0.2, 0.25) is 5.91 Å². The molecule has 3 rings (SSSR count). The van der Waals surface area contributed by atoms with E-state index in [1.54, 1.807) is 17.5 Å². The minimum Gasteiger partial charge on any atom is -0.348 e. The summed E-state index contributed by atoms with van der Waals surface area (Å²) in [6.07, 6.45) is 0.400. The summed E-state index contributed by atoms with van der Waals surface area (Å²) >= 11 is 1.31. The molecule has 1 aliphatic carbocycles. The van der Waals surface area contributed by atoms with Gasteiger partial charge < -0.3 is 5.32 Å². The normalized spacial score (nSPS) is 19.7. The lowest BCUT2D eigenvalue weighted by atomic mass is 10.1. The van der Waals surface area contributed by atoms with Crippen molar-refractivity contribution in [1.29, 1.82) is 0 Å².